The number of nitrogens with one attached hydrogen (secondary N) is 1. The standard InChI is InChI=1S/C20H29N3O3S/c1-16-7-11-22(12-8-16)20(24)10-14-23(27(2,25)26)13-9-17-15-21-19-6-4-3-5-18(17)19/h3-6,15-16,21H,7-14H2,1-2H3. The third-order valence-electron chi connectivity index (χ3n) is 5.49. The fourth-order valence-electron chi connectivity index (χ4n) is 3.66. The van der Waals surface area contributed by atoms with Crippen molar-refractivity contribution in [2.75, 3.05) is 32.4 Å². The lowest BCUT2D eigenvalue weighted by atomic mass is 9.99. The number of carbonyl (C=O) groups excluding carboxylic acids is 1. The van der Waals surface area contributed by atoms with Crippen LogP contribution in [0.4, 0.5) is 0 Å². The molecule has 0 radical (unpaired) electrons. The summed E-state index contributed by atoms with van der Waals surface area (Å²) in [5.74, 6) is 0.723. The minimum Gasteiger partial charge on any atom is -0.361 e. The first-order valence-corrected chi connectivity index (χ1v) is 11.5. The number of aromatic amines is 1. The molecule has 148 valence electrons. The van der Waals surface area contributed by atoms with Crippen molar-refractivity contribution in [2.24, 2.45) is 5.92 Å². The summed E-state index contributed by atoms with van der Waals surface area (Å²) in [6.45, 7) is 4.40. The van der Waals surface area contributed by atoms with Crippen molar-refractivity contribution >= 4 is 26.8 Å². The number of hydrogen-bond acceptors (Lipinski definition) is 3. The summed E-state index contributed by atoms with van der Waals surface area (Å²) in [4.78, 5) is 17.5. The van der Waals surface area contributed by atoms with E-state index in [2.05, 4.69) is 11.9 Å². The molecule has 0 atom stereocenters. The first-order chi connectivity index (χ1) is 12.8. The maximum absolute atomic E-state index is 12.4. The van der Waals surface area contributed by atoms with Crippen molar-refractivity contribution < 1.29 is 13.2 Å². The van der Waals surface area contributed by atoms with Gasteiger partial charge in [-0.05, 0) is 36.8 Å². The number of likely N-dealkylation sites (tertiary alicyclic amines) is 1. The lowest BCUT2D eigenvalue weighted by Gasteiger charge is -2.31. The van der Waals surface area contributed by atoms with E-state index in [-0.39, 0.29) is 18.9 Å². The molecule has 1 aromatic carbocycles. The molecular formula is C20H29N3O3S. The number of para-hydroxylation sites is 1. The number of benzene rings is 1. The van der Waals surface area contributed by atoms with Gasteiger partial charge < -0.3 is 9.88 Å². The summed E-state index contributed by atoms with van der Waals surface area (Å²) in [6.07, 6.45) is 6.08. The first-order valence-electron chi connectivity index (χ1n) is 9.62. The Morgan fingerprint density at radius 3 is 2.63 bits per heavy atom. The molecule has 1 saturated heterocycles. The molecule has 1 amide bonds. The summed E-state index contributed by atoms with van der Waals surface area (Å²) in [5, 5.41) is 1.12. The van der Waals surface area contributed by atoms with E-state index in [0.717, 1.165) is 42.4 Å². The Labute approximate surface area is 161 Å². The average molecular weight is 392 g/mol. The number of sulfonamides is 1. The molecule has 1 fully saturated rings. The zero-order valence-electron chi connectivity index (χ0n) is 16.1. The first kappa shape index (κ1) is 19.9. The van der Waals surface area contributed by atoms with Crippen LogP contribution in [0.2, 0.25) is 0 Å². The van der Waals surface area contributed by atoms with E-state index in [4.69, 9.17) is 0 Å². The van der Waals surface area contributed by atoms with Crippen LogP contribution in [0.5, 0.6) is 0 Å². The molecule has 6 nitrogen and oxygen atoms in total. The largest absolute Gasteiger partial charge is 0.361 e. The van der Waals surface area contributed by atoms with Crippen molar-refractivity contribution in [3.8, 4) is 0 Å². The molecule has 1 aliphatic heterocycles. The van der Waals surface area contributed by atoms with Crippen LogP contribution in [0, 0.1) is 5.92 Å². The van der Waals surface area contributed by atoms with E-state index >= 15 is 0 Å². The molecule has 0 bridgehead atoms. The lowest BCUT2D eigenvalue weighted by Crippen LogP contribution is -2.40. The van der Waals surface area contributed by atoms with Crippen molar-refractivity contribution in [1.82, 2.24) is 14.2 Å². The number of rotatable bonds is 7. The molecule has 0 saturated carbocycles. The predicted molar refractivity (Wildman–Crippen MR) is 108 cm³/mol. The van der Waals surface area contributed by atoms with Gasteiger partial charge in [-0.1, -0.05) is 25.1 Å². The molecule has 0 aliphatic carbocycles. The normalized spacial score (nSPS) is 16.3. The van der Waals surface area contributed by atoms with Crippen molar-refractivity contribution in [3.63, 3.8) is 0 Å². The molecule has 2 heterocycles. The molecule has 0 spiro atoms. The van der Waals surface area contributed by atoms with Gasteiger partial charge >= 0.3 is 0 Å². The SMILES string of the molecule is CC1CCN(C(=O)CCN(CCc2c[nH]c3ccccc23)S(C)(=O)=O)CC1. The summed E-state index contributed by atoms with van der Waals surface area (Å²) < 4.78 is 25.8. The second-order valence-electron chi connectivity index (χ2n) is 7.58. The van der Waals surface area contributed by atoms with Gasteiger partial charge in [0.1, 0.15) is 0 Å². The number of piperidine rings is 1. The van der Waals surface area contributed by atoms with Gasteiger partial charge in [0.15, 0.2) is 0 Å². The van der Waals surface area contributed by atoms with Crippen LogP contribution in [0.15, 0.2) is 30.5 Å². The molecule has 1 aliphatic rings. The highest BCUT2D eigenvalue weighted by Crippen LogP contribution is 2.19. The molecule has 1 aromatic heterocycles. The Kier molecular flexibility index (Phi) is 6.22. The zero-order valence-corrected chi connectivity index (χ0v) is 17.0. The van der Waals surface area contributed by atoms with Crippen molar-refractivity contribution in [1.29, 1.82) is 0 Å². The smallest absolute Gasteiger partial charge is 0.223 e. The van der Waals surface area contributed by atoms with Crippen LogP contribution in [0.25, 0.3) is 10.9 Å². The van der Waals surface area contributed by atoms with E-state index in [0.29, 0.717) is 18.9 Å². The molecule has 3 rings (SSSR count). The quantitative estimate of drug-likeness (QED) is 0.788. The van der Waals surface area contributed by atoms with Gasteiger partial charge in [-0.25, -0.2) is 12.7 Å². The molecular weight excluding hydrogens is 362 g/mol. The summed E-state index contributed by atoms with van der Waals surface area (Å²) >= 11 is 0. The van der Waals surface area contributed by atoms with Crippen LogP contribution >= 0.6 is 0 Å². The van der Waals surface area contributed by atoms with Crippen LogP contribution < -0.4 is 0 Å². The maximum Gasteiger partial charge on any atom is 0.223 e. The second-order valence-corrected chi connectivity index (χ2v) is 9.57. The highest BCUT2D eigenvalue weighted by molar-refractivity contribution is 7.88. The second kappa shape index (κ2) is 8.44. The number of carbonyl (C=O) groups is 1. The van der Waals surface area contributed by atoms with Gasteiger partial charge in [0.25, 0.3) is 0 Å². The van der Waals surface area contributed by atoms with Crippen LogP contribution in [0.1, 0.15) is 31.7 Å². The zero-order chi connectivity index (χ0) is 19.4. The Morgan fingerprint density at radius 2 is 1.93 bits per heavy atom. The number of amides is 1. The van der Waals surface area contributed by atoms with Gasteiger partial charge in [-0.15, -0.1) is 0 Å². The number of H-pyrrole nitrogens is 1. The Balaban J connectivity index is 1.58. The third-order valence-corrected chi connectivity index (χ3v) is 6.79. The van der Waals surface area contributed by atoms with Crippen molar-refractivity contribution in [2.45, 2.75) is 32.6 Å². The highest BCUT2D eigenvalue weighted by atomic mass is 32.2. The minimum absolute atomic E-state index is 0.0580. The van der Waals surface area contributed by atoms with E-state index in [1.54, 1.807) is 0 Å². The van der Waals surface area contributed by atoms with Crippen molar-refractivity contribution in [3.05, 3.63) is 36.0 Å². The Morgan fingerprint density at radius 1 is 1.22 bits per heavy atom. The summed E-state index contributed by atoms with van der Waals surface area (Å²) in [5.41, 5.74) is 2.14. The van der Waals surface area contributed by atoms with Gasteiger partial charge in [-0.2, -0.15) is 0 Å². The molecule has 27 heavy (non-hydrogen) atoms. The number of nitrogens with zero attached hydrogens (tertiary/aromatic N) is 2. The van der Waals surface area contributed by atoms with E-state index < -0.39 is 10.0 Å². The van der Waals surface area contributed by atoms with Crippen LogP contribution in [-0.2, 0) is 21.2 Å². The lowest BCUT2D eigenvalue weighted by molar-refractivity contribution is -0.132. The Bertz CT molecular complexity index is 883. The van der Waals surface area contributed by atoms with Gasteiger partial charge in [-0.3, -0.25) is 4.79 Å². The van der Waals surface area contributed by atoms with Gasteiger partial charge in [0, 0.05) is 49.7 Å². The average Bonchev–Trinajstić information content (AvgIpc) is 3.04. The Hall–Kier alpha value is -1.86. The van der Waals surface area contributed by atoms with Gasteiger partial charge in [0.05, 0.1) is 6.26 Å². The predicted octanol–water partition coefficient (Wildman–Crippen LogP) is 2.62. The molecule has 1 N–H and O–H groups in total. The number of fused-ring (bicyclic) bond motifs is 1. The minimum atomic E-state index is -3.35. The highest BCUT2D eigenvalue weighted by Gasteiger charge is 2.23. The van der Waals surface area contributed by atoms with Crippen LogP contribution in [0.3, 0.4) is 0 Å². The maximum atomic E-state index is 12.4. The van der Waals surface area contributed by atoms with E-state index in [1.165, 1.54) is 10.6 Å². The van der Waals surface area contributed by atoms with Gasteiger partial charge in [0.2, 0.25) is 15.9 Å². The summed E-state index contributed by atoms with van der Waals surface area (Å²) in [6, 6.07) is 7.99. The van der Waals surface area contributed by atoms with E-state index in [9.17, 15) is 13.2 Å². The molecule has 0 unspecified atom stereocenters. The fourth-order valence-corrected chi connectivity index (χ4v) is 4.51. The monoisotopic (exact) mass is 391 g/mol. The molecule has 7 heteroatoms. The topological polar surface area (TPSA) is 73.5 Å². The fraction of sp³-hybridized carbons (Fsp3) is 0.550. The molecule has 2 aromatic rings. The van der Waals surface area contributed by atoms with Crippen LogP contribution in [-0.4, -0.2) is 60.9 Å². The third kappa shape index (κ3) is 5.11. The number of aromatic nitrogens is 1. The van der Waals surface area contributed by atoms with E-state index in [1.807, 2.05) is 35.4 Å². The number of hydrogen-bond donors (Lipinski definition) is 1. The summed E-state index contributed by atoms with van der Waals surface area (Å²) in [7, 11) is -3.35.